The summed E-state index contributed by atoms with van der Waals surface area (Å²) >= 11 is 5.25. The molecule has 0 aromatic heterocycles. The van der Waals surface area contributed by atoms with Crippen LogP contribution in [0.15, 0.2) is 0 Å². The zero-order valence-electron chi connectivity index (χ0n) is 12.2. The standard InChI is InChI=1S/C15H26N2OS/c1-14(2)8-10-17(11-9-14)13(18)15(12(16)19)6-4-3-5-7-15/h3-11H2,1-2H3,(H2,16,19). The fraction of sp³-hybridized carbons (Fsp3) is 0.867. The molecule has 1 aliphatic heterocycles. The van der Waals surface area contributed by atoms with Gasteiger partial charge in [0.05, 0.1) is 10.4 Å². The van der Waals surface area contributed by atoms with Crippen LogP contribution in [0.5, 0.6) is 0 Å². The quantitative estimate of drug-likeness (QED) is 0.792. The Hall–Kier alpha value is -0.640. The van der Waals surface area contributed by atoms with Crippen LogP contribution in [0.2, 0.25) is 0 Å². The fourth-order valence-electron chi connectivity index (χ4n) is 3.34. The SMILES string of the molecule is CC1(C)CCN(C(=O)C2(C(N)=S)CCCCC2)CC1. The van der Waals surface area contributed by atoms with Gasteiger partial charge in [-0.3, -0.25) is 4.79 Å². The lowest BCUT2D eigenvalue weighted by molar-refractivity contribution is -0.141. The van der Waals surface area contributed by atoms with Crippen LogP contribution in [0.1, 0.15) is 58.8 Å². The summed E-state index contributed by atoms with van der Waals surface area (Å²) in [7, 11) is 0. The molecule has 19 heavy (non-hydrogen) atoms. The van der Waals surface area contributed by atoms with Crippen molar-refractivity contribution < 1.29 is 4.79 Å². The van der Waals surface area contributed by atoms with Crippen molar-refractivity contribution in [2.24, 2.45) is 16.6 Å². The van der Waals surface area contributed by atoms with Gasteiger partial charge in [-0.2, -0.15) is 0 Å². The third-order valence-electron chi connectivity index (χ3n) is 4.99. The van der Waals surface area contributed by atoms with Gasteiger partial charge in [-0.1, -0.05) is 45.3 Å². The molecule has 1 saturated carbocycles. The average Bonchev–Trinajstić information content (AvgIpc) is 2.38. The van der Waals surface area contributed by atoms with Crippen molar-refractivity contribution in [3.05, 3.63) is 0 Å². The highest BCUT2D eigenvalue weighted by molar-refractivity contribution is 7.80. The van der Waals surface area contributed by atoms with Gasteiger partial charge in [-0.15, -0.1) is 0 Å². The number of nitrogens with two attached hydrogens (primary N) is 1. The molecule has 0 aromatic carbocycles. The number of carbonyl (C=O) groups excluding carboxylic acids is 1. The van der Waals surface area contributed by atoms with Gasteiger partial charge in [0.1, 0.15) is 0 Å². The Morgan fingerprint density at radius 3 is 2.05 bits per heavy atom. The van der Waals surface area contributed by atoms with E-state index < -0.39 is 5.41 Å². The van der Waals surface area contributed by atoms with Gasteiger partial charge < -0.3 is 10.6 Å². The first-order chi connectivity index (χ1) is 8.87. The summed E-state index contributed by atoms with van der Waals surface area (Å²) in [4.78, 5) is 15.3. The molecule has 1 heterocycles. The van der Waals surface area contributed by atoms with E-state index in [9.17, 15) is 4.79 Å². The lowest BCUT2D eigenvalue weighted by Gasteiger charge is -2.43. The van der Waals surface area contributed by atoms with Crippen LogP contribution < -0.4 is 5.73 Å². The molecule has 2 aliphatic rings. The van der Waals surface area contributed by atoms with Gasteiger partial charge in [0.25, 0.3) is 0 Å². The number of nitrogens with zero attached hydrogens (tertiary/aromatic N) is 1. The summed E-state index contributed by atoms with van der Waals surface area (Å²) in [6.07, 6.45) is 7.19. The van der Waals surface area contributed by atoms with Crippen molar-refractivity contribution in [3.8, 4) is 0 Å². The van der Waals surface area contributed by atoms with Gasteiger partial charge in [0.2, 0.25) is 5.91 Å². The molecule has 4 heteroatoms. The molecule has 3 nitrogen and oxygen atoms in total. The first kappa shape index (κ1) is 14.8. The van der Waals surface area contributed by atoms with Crippen molar-refractivity contribution in [3.63, 3.8) is 0 Å². The number of piperidine rings is 1. The van der Waals surface area contributed by atoms with Crippen LogP contribution in [-0.2, 0) is 4.79 Å². The van der Waals surface area contributed by atoms with E-state index in [1.54, 1.807) is 0 Å². The molecule has 1 amide bonds. The largest absolute Gasteiger partial charge is 0.392 e. The van der Waals surface area contributed by atoms with Crippen LogP contribution in [0, 0.1) is 10.8 Å². The third-order valence-corrected chi connectivity index (χ3v) is 5.38. The number of hydrogen-bond donors (Lipinski definition) is 1. The van der Waals surface area contributed by atoms with Crippen LogP contribution >= 0.6 is 12.2 Å². The topological polar surface area (TPSA) is 46.3 Å². The maximum absolute atomic E-state index is 12.9. The lowest BCUT2D eigenvalue weighted by Crippen LogP contribution is -2.54. The summed E-state index contributed by atoms with van der Waals surface area (Å²) in [5, 5.41) is 0. The Balaban J connectivity index is 2.10. The molecular weight excluding hydrogens is 256 g/mol. The van der Waals surface area contributed by atoms with Crippen LogP contribution in [0.4, 0.5) is 0 Å². The molecule has 2 N–H and O–H groups in total. The number of rotatable bonds is 2. The number of likely N-dealkylation sites (tertiary alicyclic amines) is 1. The summed E-state index contributed by atoms with van der Waals surface area (Å²) in [5.74, 6) is 0.204. The lowest BCUT2D eigenvalue weighted by atomic mass is 9.72. The van der Waals surface area contributed by atoms with Crippen molar-refractivity contribution >= 4 is 23.1 Å². The zero-order valence-corrected chi connectivity index (χ0v) is 13.0. The van der Waals surface area contributed by atoms with Crippen molar-refractivity contribution in [2.75, 3.05) is 13.1 Å². The second-order valence-corrected chi connectivity index (χ2v) is 7.40. The Morgan fingerprint density at radius 1 is 1.05 bits per heavy atom. The molecule has 0 radical (unpaired) electrons. The van der Waals surface area contributed by atoms with Gasteiger partial charge in [-0.25, -0.2) is 0 Å². The molecule has 0 aromatic rings. The number of amides is 1. The molecule has 1 aliphatic carbocycles. The number of hydrogen-bond acceptors (Lipinski definition) is 2. The Labute approximate surface area is 121 Å². The monoisotopic (exact) mass is 282 g/mol. The summed E-state index contributed by atoms with van der Waals surface area (Å²) < 4.78 is 0. The Kier molecular flexibility index (Phi) is 4.19. The fourth-order valence-corrected chi connectivity index (χ4v) is 3.63. The summed E-state index contributed by atoms with van der Waals surface area (Å²) in [5.41, 5.74) is 5.78. The molecule has 0 atom stereocenters. The molecular formula is C15H26N2OS. The van der Waals surface area contributed by atoms with E-state index in [-0.39, 0.29) is 5.91 Å². The van der Waals surface area contributed by atoms with E-state index in [1.165, 1.54) is 6.42 Å². The van der Waals surface area contributed by atoms with Crippen LogP contribution in [0.3, 0.4) is 0 Å². The van der Waals surface area contributed by atoms with Crippen molar-refractivity contribution in [1.29, 1.82) is 0 Å². The first-order valence-electron chi connectivity index (χ1n) is 7.47. The average molecular weight is 282 g/mol. The Morgan fingerprint density at radius 2 is 1.58 bits per heavy atom. The van der Waals surface area contributed by atoms with Crippen LogP contribution in [-0.4, -0.2) is 28.9 Å². The van der Waals surface area contributed by atoms with Crippen molar-refractivity contribution in [1.82, 2.24) is 4.90 Å². The minimum atomic E-state index is -0.533. The second kappa shape index (κ2) is 5.39. The third kappa shape index (κ3) is 2.93. The molecule has 1 saturated heterocycles. The van der Waals surface area contributed by atoms with Gasteiger partial charge in [0.15, 0.2) is 0 Å². The predicted octanol–water partition coefficient (Wildman–Crippen LogP) is 2.87. The van der Waals surface area contributed by atoms with Gasteiger partial charge in [0, 0.05) is 13.1 Å². The minimum Gasteiger partial charge on any atom is -0.392 e. The van der Waals surface area contributed by atoms with E-state index in [4.69, 9.17) is 18.0 Å². The highest BCUT2D eigenvalue weighted by Crippen LogP contribution is 2.40. The smallest absolute Gasteiger partial charge is 0.235 e. The number of carbonyl (C=O) groups is 1. The van der Waals surface area contributed by atoms with E-state index in [0.29, 0.717) is 10.4 Å². The first-order valence-corrected chi connectivity index (χ1v) is 7.88. The van der Waals surface area contributed by atoms with E-state index in [0.717, 1.165) is 51.6 Å². The van der Waals surface area contributed by atoms with E-state index in [2.05, 4.69) is 13.8 Å². The van der Waals surface area contributed by atoms with E-state index in [1.807, 2.05) is 4.90 Å². The summed E-state index contributed by atoms with van der Waals surface area (Å²) in [6, 6.07) is 0. The second-order valence-electron chi connectivity index (χ2n) is 6.96. The zero-order chi connectivity index (χ0) is 14.1. The highest BCUT2D eigenvalue weighted by Gasteiger charge is 2.45. The molecule has 0 unspecified atom stereocenters. The van der Waals surface area contributed by atoms with Gasteiger partial charge in [-0.05, 0) is 31.1 Å². The maximum Gasteiger partial charge on any atom is 0.235 e. The molecule has 2 fully saturated rings. The highest BCUT2D eigenvalue weighted by atomic mass is 32.1. The molecule has 108 valence electrons. The van der Waals surface area contributed by atoms with Crippen LogP contribution in [0.25, 0.3) is 0 Å². The predicted molar refractivity (Wildman–Crippen MR) is 81.9 cm³/mol. The van der Waals surface area contributed by atoms with E-state index >= 15 is 0 Å². The maximum atomic E-state index is 12.9. The molecule has 0 bridgehead atoms. The van der Waals surface area contributed by atoms with Crippen molar-refractivity contribution in [2.45, 2.75) is 58.8 Å². The van der Waals surface area contributed by atoms with Gasteiger partial charge >= 0.3 is 0 Å². The molecule has 0 spiro atoms. The molecule has 2 rings (SSSR count). The summed E-state index contributed by atoms with van der Waals surface area (Å²) in [6.45, 7) is 6.27. The number of thiocarbonyl (C=S) groups is 1. The Bertz CT molecular complexity index is 362. The normalized spacial score (nSPS) is 25.9. The minimum absolute atomic E-state index is 0.204.